The molecule has 0 aliphatic rings. The monoisotopic (exact) mass is 927 g/mol. The highest BCUT2D eigenvalue weighted by Crippen LogP contribution is 2.48. The fraction of sp³-hybridized carbons (Fsp3) is 1.00. The first-order chi connectivity index (χ1) is 32.7. The van der Waals surface area contributed by atoms with Crippen LogP contribution >= 0.6 is 0 Å². The van der Waals surface area contributed by atoms with Crippen LogP contribution in [0.1, 0.15) is 413 Å². The molecule has 0 saturated carbocycles. The number of hydrogen-bond donors (Lipinski definition) is 0. The maximum atomic E-state index is 2.36. The molecule has 0 aromatic carbocycles. The standard InChI is InChI=1S/C66H134/c1-6-11-16-21-26-31-35-37-41-46-51-56-61-65(60-55-50-45-40-30-25-20-15-10-5)66(62-57-52-47-42-34-29-24-19-14-9-4,63-58-53-48-43-38-33-28-23-18-13-8-3)64-59-54-49-44-39-36-32-27-22-17-12-7-2/h65H,6-64H2,1-5H3. The molecule has 2 unspecified atom stereocenters. The average Bonchev–Trinajstić information content (AvgIpc) is 3.33. The summed E-state index contributed by atoms with van der Waals surface area (Å²) in [7, 11) is 0. The van der Waals surface area contributed by atoms with Crippen molar-refractivity contribution < 1.29 is 0 Å². The fourth-order valence-corrected chi connectivity index (χ4v) is 12.1. The molecule has 398 valence electrons. The van der Waals surface area contributed by atoms with E-state index in [-0.39, 0.29) is 0 Å². The van der Waals surface area contributed by atoms with Gasteiger partial charge >= 0.3 is 0 Å². The quantitative estimate of drug-likeness (QED) is 0.0533. The third-order valence-electron chi connectivity index (χ3n) is 16.8. The van der Waals surface area contributed by atoms with Gasteiger partial charge in [0.05, 0.1) is 0 Å². The van der Waals surface area contributed by atoms with E-state index < -0.39 is 0 Å². The first kappa shape index (κ1) is 66.0. The normalized spacial score (nSPS) is 13.2. The summed E-state index contributed by atoms with van der Waals surface area (Å²) in [6.07, 6.45) is 87.7. The van der Waals surface area contributed by atoms with E-state index in [0.717, 1.165) is 5.92 Å². The lowest BCUT2D eigenvalue weighted by Crippen LogP contribution is -2.32. The molecule has 0 aromatic heterocycles. The zero-order valence-electron chi connectivity index (χ0n) is 47.8. The predicted molar refractivity (Wildman–Crippen MR) is 307 cm³/mol. The van der Waals surface area contributed by atoms with Gasteiger partial charge in [0, 0.05) is 0 Å². The highest BCUT2D eigenvalue weighted by molar-refractivity contribution is 4.87. The molecule has 0 aliphatic carbocycles. The van der Waals surface area contributed by atoms with Crippen molar-refractivity contribution >= 4 is 0 Å². The molecule has 0 aromatic rings. The zero-order chi connectivity index (χ0) is 47.8. The van der Waals surface area contributed by atoms with Crippen molar-refractivity contribution in [1.29, 1.82) is 0 Å². The lowest BCUT2D eigenvalue weighted by molar-refractivity contribution is 0.0813. The molecule has 0 rings (SSSR count). The topological polar surface area (TPSA) is 0 Å². The molecule has 0 fully saturated rings. The summed E-state index contributed by atoms with van der Waals surface area (Å²) in [4.78, 5) is 0. The van der Waals surface area contributed by atoms with Gasteiger partial charge in [0.2, 0.25) is 0 Å². The van der Waals surface area contributed by atoms with E-state index in [1.807, 2.05) is 0 Å². The number of unbranched alkanes of at least 4 members (excludes halogenated alkanes) is 49. The van der Waals surface area contributed by atoms with Crippen molar-refractivity contribution in [3.8, 4) is 0 Å². The molecule has 0 nitrogen and oxygen atoms in total. The zero-order valence-corrected chi connectivity index (χ0v) is 47.8. The van der Waals surface area contributed by atoms with Crippen molar-refractivity contribution in [3.05, 3.63) is 0 Å². The van der Waals surface area contributed by atoms with E-state index in [1.165, 1.54) is 347 Å². The van der Waals surface area contributed by atoms with Crippen molar-refractivity contribution in [2.45, 2.75) is 413 Å². The Kier molecular flexibility index (Phi) is 57.6. The van der Waals surface area contributed by atoms with Crippen LogP contribution in [0.15, 0.2) is 0 Å². The Hall–Kier alpha value is 0. The Morgan fingerprint density at radius 1 is 0.167 bits per heavy atom. The first-order valence-corrected chi connectivity index (χ1v) is 32.7. The Labute approximate surface area is 422 Å². The third kappa shape index (κ3) is 47.7. The molecular formula is C66H134. The van der Waals surface area contributed by atoms with Gasteiger partial charge in [-0.1, -0.05) is 381 Å². The molecule has 0 amide bonds. The smallest absolute Gasteiger partial charge is 0.0269 e. The second-order valence-electron chi connectivity index (χ2n) is 23.2. The highest BCUT2D eigenvalue weighted by Gasteiger charge is 2.36. The molecule has 0 aliphatic heterocycles. The van der Waals surface area contributed by atoms with Crippen LogP contribution in [0.25, 0.3) is 0 Å². The molecule has 0 spiro atoms. The van der Waals surface area contributed by atoms with Gasteiger partial charge in [-0.2, -0.15) is 0 Å². The molecule has 0 bridgehead atoms. The molecule has 2 atom stereocenters. The van der Waals surface area contributed by atoms with Gasteiger partial charge in [0.15, 0.2) is 0 Å². The molecular weight excluding hydrogens is 793 g/mol. The van der Waals surface area contributed by atoms with E-state index >= 15 is 0 Å². The maximum absolute atomic E-state index is 2.36. The van der Waals surface area contributed by atoms with Crippen LogP contribution in [0.4, 0.5) is 0 Å². The predicted octanol–water partition coefficient (Wildman–Crippen LogP) is 25.7. The van der Waals surface area contributed by atoms with Gasteiger partial charge in [-0.25, -0.2) is 0 Å². The molecule has 66 heavy (non-hydrogen) atoms. The van der Waals surface area contributed by atoms with Crippen molar-refractivity contribution in [3.63, 3.8) is 0 Å². The average molecular weight is 928 g/mol. The Morgan fingerprint density at radius 3 is 0.470 bits per heavy atom. The second kappa shape index (κ2) is 57.6. The summed E-state index contributed by atoms with van der Waals surface area (Å²) >= 11 is 0. The van der Waals surface area contributed by atoms with Crippen LogP contribution in [0.2, 0.25) is 0 Å². The van der Waals surface area contributed by atoms with Crippen LogP contribution in [0.3, 0.4) is 0 Å². The van der Waals surface area contributed by atoms with Gasteiger partial charge in [0.25, 0.3) is 0 Å². The molecule has 0 radical (unpaired) electrons. The van der Waals surface area contributed by atoms with Crippen LogP contribution in [0, 0.1) is 11.3 Å². The summed E-state index contributed by atoms with van der Waals surface area (Å²) in [6.45, 7) is 11.8. The second-order valence-corrected chi connectivity index (χ2v) is 23.2. The minimum absolute atomic E-state index is 0.621. The number of rotatable bonds is 60. The Bertz CT molecular complexity index is 828. The van der Waals surface area contributed by atoms with E-state index in [9.17, 15) is 0 Å². The summed E-state index contributed by atoms with van der Waals surface area (Å²) in [6, 6.07) is 0. The van der Waals surface area contributed by atoms with E-state index in [4.69, 9.17) is 0 Å². The van der Waals surface area contributed by atoms with Gasteiger partial charge in [0.1, 0.15) is 0 Å². The SMILES string of the molecule is CCCCCCCCCCCCCCC(CCCCCCCCCCC)C(CCCCCCCCCCCC)(CCCCCCCCCCCCC)CCCCCCCCCCCCCC. The molecule has 0 N–H and O–H groups in total. The molecule has 0 heterocycles. The highest BCUT2D eigenvalue weighted by atomic mass is 14.4. The summed E-state index contributed by atoms with van der Waals surface area (Å²) in [5, 5.41) is 0. The largest absolute Gasteiger partial charge is 0.0654 e. The van der Waals surface area contributed by atoms with Gasteiger partial charge in [-0.05, 0) is 43.4 Å². The lowest BCUT2D eigenvalue weighted by atomic mass is 9.62. The van der Waals surface area contributed by atoms with Crippen molar-refractivity contribution in [1.82, 2.24) is 0 Å². The summed E-state index contributed by atoms with van der Waals surface area (Å²) < 4.78 is 0. The van der Waals surface area contributed by atoms with E-state index in [2.05, 4.69) is 34.6 Å². The maximum Gasteiger partial charge on any atom is -0.0269 e. The van der Waals surface area contributed by atoms with Gasteiger partial charge in [-0.3, -0.25) is 0 Å². The van der Waals surface area contributed by atoms with Crippen LogP contribution in [-0.2, 0) is 0 Å². The summed E-state index contributed by atoms with van der Waals surface area (Å²) in [5.74, 6) is 0.986. The first-order valence-electron chi connectivity index (χ1n) is 32.7. The Balaban J connectivity index is 5.79. The fourth-order valence-electron chi connectivity index (χ4n) is 12.1. The minimum Gasteiger partial charge on any atom is -0.0654 e. The van der Waals surface area contributed by atoms with Gasteiger partial charge in [-0.15, -0.1) is 0 Å². The summed E-state index contributed by atoms with van der Waals surface area (Å²) in [5.41, 5.74) is 0.621. The lowest BCUT2D eigenvalue weighted by Gasteiger charge is -2.43. The van der Waals surface area contributed by atoms with E-state index in [1.54, 1.807) is 32.1 Å². The number of hydrogen-bond acceptors (Lipinski definition) is 0. The van der Waals surface area contributed by atoms with Crippen LogP contribution in [0.5, 0.6) is 0 Å². The molecule has 0 saturated heterocycles. The van der Waals surface area contributed by atoms with Crippen molar-refractivity contribution in [2.75, 3.05) is 0 Å². The third-order valence-corrected chi connectivity index (χ3v) is 16.8. The minimum atomic E-state index is 0.621. The van der Waals surface area contributed by atoms with Gasteiger partial charge < -0.3 is 0 Å². The van der Waals surface area contributed by atoms with E-state index in [0.29, 0.717) is 5.41 Å². The van der Waals surface area contributed by atoms with Crippen LogP contribution in [-0.4, -0.2) is 0 Å². The Morgan fingerprint density at radius 2 is 0.303 bits per heavy atom. The molecule has 0 heteroatoms. The van der Waals surface area contributed by atoms with Crippen molar-refractivity contribution in [2.24, 2.45) is 11.3 Å². The van der Waals surface area contributed by atoms with Crippen LogP contribution < -0.4 is 0 Å².